The summed E-state index contributed by atoms with van der Waals surface area (Å²) in [4.78, 5) is 27.7. The number of ether oxygens (including phenoxy) is 1. The van der Waals surface area contributed by atoms with Gasteiger partial charge in [-0.25, -0.2) is 0 Å². The van der Waals surface area contributed by atoms with Crippen molar-refractivity contribution in [3.8, 4) is 0 Å². The number of carbonyl (C=O) groups is 2. The monoisotopic (exact) mass is 342 g/mol. The molecule has 0 radical (unpaired) electrons. The maximum Gasteiger partial charge on any atom is 0.311 e. The van der Waals surface area contributed by atoms with Gasteiger partial charge >= 0.3 is 5.97 Å². The van der Waals surface area contributed by atoms with Gasteiger partial charge < -0.3 is 15.0 Å². The Balaban J connectivity index is 1.54. The predicted octanol–water partition coefficient (Wildman–Crippen LogP) is 3.34. The van der Waals surface area contributed by atoms with Crippen LogP contribution in [0.2, 0.25) is 0 Å². The Hall–Kier alpha value is -2.30. The molecular formula is C20H26N2O3. The summed E-state index contributed by atoms with van der Waals surface area (Å²) in [6.45, 7) is 3.80. The summed E-state index contributed by atoms with van der Waals surface area (Å²) in [5.74, 6) is -0.109. The average Bonchev–Trinajstić information content (AvgIpc) is 3.00. The Morgan fingerprint density at radius 1 is 1.28 bits per heavy atom. The summed E-state index contributed by atoms with van der Waals surface area (Å²) in [5.41, 5.74) is 1.87. The molecule has 3 rings (SSSR count). The van der Waals surface area contributed by atoms with Crippen LogP contribution in [-0.2, 0) is 20.7 Å². The molecule has 3 atom stereocenters. The van der Waals surface area contributed by atoms with Crippen LogP contribution in [0.4, 0.5) is 0 Å². The van der Waals surface area contributed by atoms with Crippen molar-refractivity contribution < 1.29 is 14.3 Å². The molecule has 0 unspecified atom stereocenters. The lowest BCUT2D eigenvalue weighted by molar-refractivity contribution is -0.154. The SMILES string of the molecule is C[C@H](OC(=O)Cc1c[nH]c2ccccc12)C(=O)N[C@@H]1CCCC[C@@H]1C. The fraction of sp³-hybridized carbons (Fsp3) is 0.500. The second-order valence-corrected chi connectivity index (χ2v) is 7.05. The normalized spacial score (nSPS) is 21.7. The van der Waals surface area contributed by atoms with Gasteiger partial charge in [-0.1, -0.05) is 38.0 Å². The van der Waals surface area contributed by atoms with Crippen LogP contribution in [0.1, 0.15) is 45.1 Å². The van der Waals surface area contributed by atoms with Gasteiger partial charge in [0.1, 0.15) is 0 Å². The fourth-order valence-electron chi connectivity index (χ4n) is 3.56. The van der Waals surface area contributed by atoms with E-state index in [2.05, 4.69) is 17.2 Å². The van der Waals surface area contributed by atoms with E-state index in [1.54, 1.807) is 6.92 Å². The maximum atomic E-state index is 12.3. The number of carbonyl (C=O) groups excluding carboxylic acids is 2. The van der Waals surface area contributed by atoms with E-state index in [9.17, 15) is 9.59 Å². The van der Waals surface area contributed by atoms with Gasteiger partial charge in [-0.15, -0.1) is 0 Å². The number of amides is 1. The first-order valence-corrected chi connectivity index (χ1v) is 9.09. The number of H-pyrrole nitrogens is 1. The van der Waals surface area contributed by atoms with Gasteiger partial charge in [0.05, 0.1) is 6.42 Å². The first-order chi connectivity index (χ1) is 12.0. The molecule has 0 spiro atoms. The molecule has 1 amide bonds. The number of hydrogen-bond acceptors (Lipinski definition) is 3. The van der Waals surface area contributed by atoms with Crippen molar-refractivity contribution in [2.24, 2.45) is 5.92 Å². The van der Waals surface area contributed by atoms with E-state index in [1.165, 1.54) is 6.42 Å². The number of aromatic amines is 1. The minimum absolute atomic E-state index is 0.154. The van der Waals surface area contributed by atoms with E-state index in [4.69, 9.17) is 4.74 Å². The summed E-state index contributed by atoms with van der Waals surface area (Å²) in [6, 6.07) is 8.00. The van der Waals surface area contributed by atoms with Gasteiger partial charge in [-0.05, 0) is 37.3 Å². The molecule has 2 N–H and O–H groups in total. The highest BCUT2D eigenvalue weighted by molar-refractivity contribution is 5.88. The summed E-state index contributed by atoms with van der Waals surface area (Å²) in [5, 5.41) is 4.05. The zero-order chi connectivity index (χ0) is 17.8. The lowest BCUT2D eigenvalue weighted by Crippen LogP contribution is -2.46. The van der Waals surface area contributed by atoms with E-state index < -0.39 is 6.10 Å². The van der Waals surface area contributed by atoms with Crippen molar-refractivity contribution in [2.45, 2.75) is 58.1 Å². The van der Waals surface area contributed by atoms with Gasteiger partial charge in [-0.2, -0.15) is 0 Å². The molecule has 1 aromatic carbocycles. The smallest absolute Gasteiger partial charge is 0.311 e. The van der Waals surface area contributed by atoms with Crippen molar-refractivity contribution in [1.29, 1.82) is 0 Å². The lowest BCUT2D eigenvalue weighted by Gasteiger charge is -2.30. The summed E-state index contributed by atoms with van der Waals surface area (Å²) < 4.78 is 5.35. The largest absolute Gasteiger partial charge is 0.452 e. The van der Waals surface area contributed by atoms with Crippen LogP contribution in [-0.4, -0.2) is 29.0 Å². The third kappa shape index (κ3) is 4.21. The Morgan fingerprint density at radius 3 is 2.84 bits per heavy atom. The lowest BCUT2D eigenvalue weighted by atomic mass is 9.86. The number of fused-ring (bicyclic) bond motifs is 1. The van der Waals surface area contributed by atoms with Crippen molar-refractivity contribution in [1.82, 2.24) is 10.3 Å². The highest BCUT2D eigenvalue weighted by Crippen LogP contribution is 2.24. The van der Waals surface area contributed by atoms with Crippen molar-refractivity contribution in [3.63, 3.8) is 0 Å². The number of para-hydroxylation sites is 1. The topological polar surface area (TPSA) is 71.2 Å². The predicted molar refractivity (Wildman–Crippen MR) is 97.1 cm³/mol. The molecule has 2 aromatic rings. The standard InChI is InChI=1S/C20H26N2O3/c1-13-7-3-5-9-17(13)22-20(24)14(2)25-19(23)11-15-12-21-18-10-6-4-8-16(15)18/h4,6,8,10,12-14,17,21H,3,5,7,9,11H2,1-2H3,(H,22,24)/t13-,14-,17+/m0/s1. The molecule has 134 valence electrons. The van der Waals surface area contributed by atoms with E-state index in [0.29, 0.717) is 5.92 Å². The quantitative estimate of drug-likeness (QED) is 0.819. The number of esters is 1. The molecule has 1 fully saturated rings. The van der Waals surface area contributed by atoms with Crippen molar-refractivity contribution in [2.75, 3.05) is 0 Å². The van der Waals surface area contributed by atoms with Crippen LogP contribution in [0.5, 0.6) is 0 Å². The first-order valence-electron chi connectivity index (χ1n) is 9.09. The summed E-state index contributed by atoms with van der Waals surface area (Å²) in [6.07, 6.45) is 5.71. The number of aromatic nitrogens is 1. The molecule has 25 heavy (non-hydrogen) atoms. The molecule has 0 saturated heterocycles. The van der Waals surface area contributed by atoms with Crippen molar-refractivity contribution in [3.05, 3.63) is 36.0 Å². The first kappa shape index (κ1) is 17.5. The Kier molecular flexibility index (Phi) is 5.41. The molecule has 5 nitrogen and oxygen atoms in total. The molecule has 1 aliphatic carbocycles. The average molecular weight is 342 g/mol. The van der Waals surface area contributed by atoms with E-state index >= 15 is 0 Å². The highest BCUT2D eigenvalue weighted by atomic mass is 16.5. The van der Waals surface area contributed by atoms with E-state index in [-0.39, 0.29) is 24.3 Å². The second kappa shape index (κ2) is 7.72. The summed E-state index contributed by atoms with van der Waals surface area (Å²) >= 11 is 0. The molecule has 5 heteroatoms. The molecule has 1 saturated carbocycles. The number of rotatable bonds is 5. The van der Waals surface area contributed by atoms with Crippen LogP contribution in [0.15, 0.2) is 30.5 Å². The molecular weight excluding hydrogens is 316 g/mol. The minimum Gasteiger partial charge on any atom is -0.452 e. The maximum absolute atomic E-state index is 12.3. The van der Waals surface area contributed by atoms with Crippen LogP contribution < -0.4 is 5.32 Å². The van der Waals surface area contributed by atoms with Gasteiger partial charge in [0.15, 0.2) is 6.10 Å². The van der Waals surface area contributed by atoms with Crippen LogP contribution in [0.3, 0.4) is 0 Å². The molecule has 0 bridgehead atoms. The zero-order valence-electron chi connectivity index (χ0n) is 14.9. The Bertz CT molecular complexity index is 752. The third-order valence-corrected chi connectivity index (χ3v) is 5.13. The minimum atomic E-state index is -0.771. The van der Waals surface area contributed by atoms with Gasteiger partial charge in [-0.3, -0.25) is 9.59 Å². The molecule has 1 aromatic heterocycles. The van der Waals surface area contributed by atoms with Crippen molar-refractivity contribution >= 4 is 22.8 Å². The van der Waals surface area contributed by atoms with Crippen LogP contribution in [0, 0.1) is 5.92 Å². The fourth-order valence-corrected chi connectivity index (χ4v) is 3.56. The number of hydrogen-bond donors (Lipinski definition) is 2. The second-order valence-electron chi connectivity index (χ2n) is 7.05. The zero-order valence-corrected chi connectivity index (χ0v) is 14.9. The number of benzene rings is 1. The summed E-state index contributed by atoms with van der Waals surface area (Å²) in [7, 11) is 0. The highest BCUT2D eigenvalue weighted by Gasteiger charge is 2.26. The van der Waals surface area contributed by atoms with Crippen LogP contribution in [0.25, 0.3) is 10.9 Å². The molecule has 1 heterocycles. The molecule has 0 aliphatic heterocycles. The van der Waals surface area contributed by atoms with E-state index in [1.807, 2.05) is 30.5 Å². The Labute approximate surface area is 148 Å². The van der Waals surface area contributed by atoms with E-state index in [0.717, 1.165) is 35.7 Å². The van der Waals surface area contributed by atoms with Gasteiger partial charge in [0.2, 0.25) is 0 Å². The number of nitrogens with one attached hydrogen (secondary N) is 2. The third-order valence-electron chi connectivity index (χ3n) is 5.13. The van der Waals surface area contributed by atoms with Gasteiger partial charge in [0.25, 0.3) is 5.91 Å². The molecule has 1 aliphatic rings. The van der Waals surface area contributed by atoms with Crippen LogP contribution >= 0.6 is 0 Å². The Morgan fingerprint density at radius 2 is 2.04 bits per heavy atom. The van der Waals surface area contributed by atoms with Gasteiger partial charge in [0, 0.05) is 23.1 Å².